The zero-order valence-corrected chi connectivity index (χ0v) is 20.3. The Hall–Kier alpha value is -3.20. The Kier molecular flexibility index (Phi) is 7.31. The minimum atomic E-state index is -0.536. The highest BCUT2D eigenvalue weighted by molar-refractivity contribution is 8.26. The zero-order chi connectivity index (χ0) is 24.2. The van der Waals surface area contributed by atoms with Gasteiger partial charge in [0.2, 0.25) is 0 Å². The number of carbonyl (C=O) groups is 2. The third kappa shape index (κ3) is 5.47. The summed E-state index contributed by atoms with van der Waals surface area (Å²) >= 11 is 12.5. The van der Waals surface area contributed by atoms with Gasteiger partial charge in [0.15, 0.2) is 4.32 Å². The highest BCUT2D eigenvalue weighted by atomic mass is 35.5. The van der Waals surface area contributed by atoms with Crippen LogP contribution in [0.2, 0.25) is 5.02 Å². The van der Waals surface area contributed by atoms with Gasteiger partial charge >= 0.3 is 0 Å². The molecular formula is C25H18ClFN2O3S2. The average molecular weight is 513 g/mol. The van der Waals surface area contributed by atoms with Gasteiger partial charge in [-0.05, 0) is 66.7 Å². The van der Waals surface area contributed by atoms with Gasteiger partial charge in [0.05, 0.1) is 15.5 Å². The summed E-state index contributed by atoms with van der Waals surface area (Å²) < 4.78 is 19.2. The molecule has 0 spiro atoms. The minimum absolute atomic E-state index is 0.192. The molecule has 1 heterocycles. The molecule has 1 aliphatic rings. The van der Waals surface area contributed by atoms with E-state index in [1.807, 2.05) is 19.1 Å². The lowest BCUT2D eigenvalue weighted by atomic mass is 10.1. The van der Waals surface area contributed by atoms with Crippen molar-refractivity contribution >= 4 is 57.8 Å². The smallest absolute Gasteiger partial charge is 0.285 e. The van der Waals surface area contributed by atoms with Gasteiger partial charge in [-0.25, -0.2) is 4.39 Å². The minimum Gasteiger partial charge on any atom is -0.488 e. The Labute approximate surface area is 210 Å². The van der Waals surface area contributed by atoms with Crippen molar-refractivity contribution < 1.29 is 18.7 Å². The number of hydrogen-bond donors (Lipinski definition) is 1. The number of hydrazine groups is 1. The van der Waals surface area contributed by atoms with Crippen LogP contribution in [0.5, 0.6) is 5.75 Å². The van der Waals surface area contributed by atoms with Gasteiger partial charge < -0.3 is 4.74 Å². The first kappa shape index (κ1) is 23.9. The number of hydrogen-bond acceptors (Lipinski definition) is 5. The van der Waals surface area contributed by atoms with Crippen LogP contribution >= 0.6 is 35.6 Å². The molecule has 1 fully saturated rings. The van der Waals surface area contributed by atoms with Crippen LogP contribution < -0.4 is 10.2 Å². The van der Waals surface area contributed by atoms with E-state index in [1.54, 1.807) is 48.5 Å². The lowest BCUT2D eigenvalue weighted by Gasteiger charge is -2.16. The fourth-order valence-electron chi connectivity index (χ4n) is 3.14. The van der Waals surface area contributed by atoms with Crippen LogP contribution in [0.4, 0.5) is 4.39 Å². The Balaban J connectivity index is 1.50. The molecule has 0 unspecified atom stereocenters. The molecule has 0 radical (unpaired) electrons. The monoisotopic (exact) mass is 512 g/mol. The first-order chi connectivity index (χ1) is 16.3. The van der Waals surface area contributed by atoms with E-state index in [9.17, 15) is 14.0 Å². The van der Waals surface area contributed by atoms with Crippen LogP contribution in [0.15, 0.2) is 71.6 Å². The number of thiocarbonyl (C=S) groups is 1. The summed E-state index contributed by atoms with van der Waals surface area (Å²) in [5.41, 5.74) is 5.16. The first-order valence-electron chi connectivity index (χ1n) is 10.1. The van der Waals surface area contributed by atoms with Gasteiger partial charge in [0.1, 0.15) is 18.2 Å². The Bertz CT molecular complexity index is 1310. The predicted molar refractivity (Wildman–Crippen MR) is 136 cm³/mol. The molecule has 172 valence electrons. The second-order valence-corrected chi connectivity index (χ2v) is 9.48. The molecule has 0 atom stereocenters. The van der Waals surface area contributed by atoms with E-state index >= 15 is 0 Å². The van der Waals surface area contributed by atoms with Gasteiger partial charge in [0, 0.05) is 5.56 Å². The summed E-state index contributed by atoms with van der Waals surface area (Å²) in [6.45, 7) is 2.10. The molecule has 1 saturated heterocycles. The number of ether oxygens (including phenoxy) is 1. The number of nitrogens with zero attached hydrogens (tertiary/aromatic N) is 1. The van der Waals surface area contributed by atoms with E-state index in [2.05, 4.69) is 5.43 Å². The van der Waals surface area contributed by atoms with Gasteiger partial charge in [0.25, 0.3) is 11.8 Å². The molecular weight excluding hydrogens is 495 g/mol. The number of nitrogens with one attached hydrogen (secondary N) is 1. The fourth-order valence-corrected chi connectivity index (χ4v) is 4.64. The van der Waals surface area contributed by atoms with Crippen molar-refractivity contribution in [3.8, 4) is 5.75 Å². The second-order valence-electron chi connectivity index (χ2n) is 7.39. The lowest BCUT2D eigenvalue weighted by molar-refractivity contribution is -0.123. The Morgan fingerprint density at radius 2 is 1.91 bits per heavy atom. The second kappa shape index (κ2) is 10.4. The van der Waals surface area contributed by atoms with E-state index in [0.717, 1.165) is 27.9 Å². The molecule has 1 N–H and O–H groups in total. The van der Waals surface area contributed by atoms with E-state index in [1.165, 1.54) is 12.1 Å². The van der Waals surface area contributed by atoms with E-state index < -0.39 is 11.8 Å². The highest BCUT2D eigenvalue weighted by Crippen LogP contribution is 2.33. The Morgan fingerprint density at radius 3 is 2.65 bits per heavy atom. The molecule has 9 heteroatoms. The lowest BCUT2D eigenvalue weighted by Crippen LogP contribution is -2.44. The highest BCUT2D eigenvalue weighted by Gasteiger charge is 2.34. The third-order valence-electron chi connectivity index (χ3n) is 4.89. The van der Waals surface area contributed by atoms with Crippen LogP contribution in [0.1, 0.15) is 27.0 Å². The van der Waals surface area contributed by atoms with Crippen LogP contribution in [0.3, 0.4) is 0 Å². The quantitative estimate of drug-likeness (QED) is 0.328. The van der Waals surface area contributed by atoms with Crippen molar-refractivity contribution in [2.24, 2.45) is 0 Å². The van der Waals surface area contributed by atoms with Crippen LogP contribution in [-0.2, 0) is 11.4 Å². The van der Waals surface area contributed by atoms with Gasteiger partial charge in [-0.15, -0.1) is 0 Å². The topological polar surface area (TPSA) is 58.6 Å². The van der Waals surface area contributed by atoms with Crippen molar-refractivity contribution in [3.63, 3.8) is 0 Å². The van der Waals surface area contributed by atoms with E-state index in [0.29, 0.717) is 16.2 Å². The number of halogens is 2. The molecule has 0 saturated carbocycles. The predicted octanol–water partition coefficient (Wildman–Crippen LogP) is 5.91. The van der Waals surface area contributed by atoms with Crippen molar-refractivity contribution in [3.05, 3.63) is 105 Å². The number of benzene rings is 3. The van der Waals surface area contributed by atoms with E-state index in [-0.39, 0.29) is 27.3 Å². The fraction of sp³-hybridized carbons (Fsp3) is 0.0800. The van der Waals surface area contributed by atoms with Gasteiger partial charge in [-0.3, -0.25) is 15.0 Å². The molecule has 0 bridgehead atoms. The van der Waals surface area contributed by atoms with Crippen LogP contribution in [0, 0.1) is 12.7 Å². The van der Waals surface area contributed by atoms with Crippen LogP contribution in [-0.4, -0.2) is 21.1 Å². The summed E-state index contributed by atoms with van der Waals surface area (Å²) in [5, 5.41) is 1.32. The summed E-state index contributed by atoms with van der Waals surface area (Å²) in [6, 6.07) is 18.3. The number of thioether (sulfide) groups is 1. The third-order valence-corrected chi connectivity index (χ3v) is 6.50. The summed E-state index contributed by atoms with van der Waals surface area (Å²) in [7, 11) is 0. The van der Waals surface area contributed by atoms with Gasteiger partial charge in [-0.1, -0.05) is 59.8 Å². The number of carbonyl (C=O) groups excluding carboxylic acids is 2. The molecule has 34 heavy (non-hydrogen) atoms. The molecule has 2 amide bonds. The molecule has 3 aromatic carbocycles. The van der Waals surface area contributed by atoms with E-state index in [4.69, 9.17) is 28.6 Å². The molecule has 0 aliphatic carbocycles. The van der Waals surface area contributed by atoms with Crippen molar-refractivity contribution in [1.29, 1.82) is 0 Å². The molecule has 4 rings (SSSR count). The molecule has 0 aromatic heterocycles. The number of rotatable bonds is 6. The average Bonchev–Trinajstić information content (AvgIpc) is 3.06. The Morgan fingerprint density at radius 1 is 1.18 bits per heavy atom. The summed E-state index contributed by atoms with van der Waals surface area (Å²) in [4.78, 5) is 26.0. The number of aryl methyl sites for hydroxylation is 1. The molecule has 5 nitrogen and oxygen atoms in total. The number of amides is 2. The van der Waals surface area contributed by atoms with Crippen molar-refractivity contribution in [2.75, 3.05) is 0 Å². The summed E-state index contributed by atoms with van der Waals surface area (Å²) in [6.07, 6.45) is 1.66. The maximum atomic E-state index is 13.1. The maximum absolute atomic E-state index is 13.1. The molecule has 1 aliphatic heterocycles. The van der Waals surface area contributed by atoms with Crippen molar-refractivity contribution in [2.45, 2.75) is 13.5 Å². The first-order valence-corrected chi connectivity index (χ1v) is 11.7. The maximum Gasteiger partial charge on any atom is 0.285 e. The van der Waals surface area contributed by atoms with Crippen LogP contribution in [0.25, 0.3) is 6.08 Å². The van der Waals surface area contributed by atoms with Crippen molar-refractivity contribution in [1.82, 2.24) is 10.4 Å². The summed E-state index contributed by atoms with van der Waals surface area (Å²) in [5.74, 6) is -0.763. The number of para-hydroxylation sites is 1. The molecule has 3 aromatic rings. The SMILES string of the molecule is Cc1ccc(C(=O)NN2C(=O)/C(=C/c3ccccc3OCc3ccc(F)cc3)SC2=S)c(Cl)c1. The largest absolute Gasteiger partial charge is 0.488 e. The normalized spacial score (nSPS) is 14.6. The standard InChI is InChI=1S/C25H18ClFN2O3S2/c1-15-6-11-19(20(26)12-15)23(30)28-29-24(31)22(34-25(29)33)13-17-4-2-3-5-21(17)32-14-16-7-9-18(27)10-8-16/h2-13H,14H2,1H3,(H,28,30)/b22-13-. The zero-order valence-electron chi connectivity index (χ0n) is 17.9. The van der Waals surface area contributed by atoms with Gasteiger partial charge in [-0.2, -0.15) is 5.01 Å².